The summed E-state index contributed by atoms with van der Waals surface area (Å²) in [4.78, 5) is 60.1. The van der Waals surface area contributed by atoms with E-state index in [0.29, 0.717) is 47.8 Å². The summed E-state index contributed by atoms with van der Waals surface area (Å²) < 4.78 is 23.3. The van der Waals surface area contributed by atoms with Gasteiger partial charge in [0.1, 0.15) is 17.2 Å². The minimum Gasteiger partial charge on any atom is -0.507 e. The van der Waals surface area contributed by atoms with Crippen LogP contribution in [-0.2, 0) is 72.5 Å². The zero-order chi connectivity index (χ0) is 64.4. The number of carboxylic acid groups (broad SMARTS) is 1. The van der Waals surface area contributed by atoms with Gasteiger partial charge in [-0.1, -0.05) is 124 Å². The maximum Gasteiger partial charge on any atom is 0.343 e. The summed E-state index contributed by atoms with van der Waals surface area (Å²) in [6.45, 7) is 1.30. The third kappa shape index (κ3) is 12.6. The monoisotopic (exact) mass is 1270 g/mol. The van der Waals surface area contributed by atoms with Crippen LogP contribution < -0.4 is 26.7 Å². The SMILES string of the molecule is C.C.COC(=O)COc1cc2c(c3c1c1c(C(N)=O)cccc1n3Cc1ccccc1)CCCC2.NC(=O)c1cccc2c1c1c(O)cc3c(c1n2Cc1ccccc1)CCCC3.NC(=O)c1cccc2c1c1c(OCC(=O)O)cc3c(c1n2Cc1ccccc1)CCCC3. The topological polar surface area (TPSA) is 246 Å². The lowest BCUT2D eigenvalue weighted by Crippen LogP contribution is -2.14. The fourth-order valence-corrected chi connectivity index (χ4v) is 14.6. The number of nitrogens with zero attached hydrogens (tertiary/aromatic N) is 3. The molecule has 3 aliphatic carbocycles. The lowest BCUT2D eigenvalue weighted by atomic mass is 9.89. The molecule has 3 amide bonds. The minimum absolute atomic E-state index is 0. The van der Waals surface area contributed by atoms with E-state index < -0.39 is 36.3 Å². The Hall–Kier alpha value is -10.9. The van der Waals surface area contributed by atoms with Crippen LogP contribution in [0.4, 0.5) is 0 Å². The van der Waals surface area contributed by atoms with Crippen molar-refractivity contribution < 1.29 is 48.4 Å². The molecule has 0 aliphatic heterocycles. The summed E-state index contributed by atoms with van der Waals surface area (Å²) in [5.74, 6) is -1.66. The summed E-state index contributed by atoms with van der Waals surface area (Å²) >= 11 is 0. The quantitative estimate of drug-likeness (QED) is 0.0608. The number of aromatic nitrogens is 3. The number of aliphatic carboxylic acids is 1. The van der Waals surface area contributed by atoms with Crippen LogP contribution in [-0.4, -0.2) is 73.9 Å². The molecule has 3 aromatic heterocycles. The van der Waals surface area contributed by atoms with Gasteiger partial charge in [0, 0.05) is 52.5 Å². The molecular weight excluding hydrogens is 1190 g/mol. The molecule has 0 atom stereocenters. The minimum atomic E-state index is -1.04. The van der Waals surface area contributed by atoms with Crippen molar-refractivity contribution in [2.45, 2.75) is 112 Å². The maximum atomic E-state index is 12.4. The molecule has 0 saturated heterocycles. The largest absolute Gasteiger partial charge is 0.507 e. The van der Waals surface area contributed by atoms with Gasteiger partial charge in [0.15, 0.2) is 13.2 Å². The van der Waals surface area contributed by atoms with Gasteiger partial charge in [-0.25, -0.2) is 9.59 Å². The fraction of sp³-hybridized carbons (Fsp3) is 0.253. The molecule has 0 spiro atoms. The number of phenolic OH excluding ortho intramolecular Hbond substituents is 1. The second-order valence-corrected chi connectivity index (χ2v) is 24.3. The van der Waals surface area contributed by atoms with E-state index >= 15 is 0 Å². The molecule has 95 heavy (non-hydrogen) atoms. The molecule has 0 unspecified atom stereocenters. The first-order valence-electron chi connectivity index (χ1n) is 31.8. The predicted octanol–water partition coefficient (Wildman–Crippen LogP) is 14.5. The zero-order valence-corrected chi connectivity index (χ0v) is 51.8. The van der Waals surface area contributed by atoms with Crippen LogP contribution in [0.1, 0.15) is 135 Å². The number of nitrogens with two attached hydrogens (primary N) is 3. The van der Waals surface area contributed by atoms with Gasteiger partial charge >= 0.3 is 11.9 Å². The van der Waals surface area contributed by atoms with E-state index in [2.05, 4.69) is 50.1 Å². The number of esters is 1. The van der Waals surface area contributed by atoms with Gasteiger partial charge in [0.05, 0.1) is 56.4 Å². The maximum absolute atomic E-state index is 12.4. The predicted molar refractivity (Wildman–Crippen MR) is 376 cm³/mol. The Bertz CT molecular complexity index is 4930. The molecule has 0 bridgehead atoms. The number of primary amides is 3. The second kappa shape index (κ2) is 28.2. The molecule has 486 valence electrons. The highest BCUT2D eigenvalue weighted by molar-refractivity contribution is 6.23. The highest BCUT2D eigenvalue weighted by Crippen LogP contribution is 2.47. The lowest BCUT2D eigenvalue weighted by Gasteiger charge is -2.21. The fourth-order valence-electron chi connectivity index (χ4n) is 14.6. The Morgan fingerprint density at radius 2 is 0.737 bits per heavy atom. The van der Waals surface area contributed by atoms with Crippen molar-refractivity contribution >= 4 is 95.1 Å². The van der Waals surface area contributed by atoms with Crippen molar-refractivity contribution in [2.24, 2.45) is 17.2 Å². The van der Waals surface area contributed by atoms with Crippen molar-refractivity contribution in [1.29, 1.82) is 0 Å². The van der Waals surface area contributed by atoms with E-state index in [1.165, 1.54) is 46.1 Å². The number of amides is 3. The molecule has 0 saturated carbocycles. The van der Waals surface area contributed by atoms with Gasteiger partial charge in [-0.15, -0.1) is 0 Å². The van der Waals surface area contributed by atoms with Crippen molar-refractivity contribution in [2.75, 3.05) is 20.3 Å². The Morgan fingerprint density at radius 1 is 0.411 bits per heavy atom. The van der Waals surface area contributed by atoms with Crippen LogP contribution in [0, 0.1) is 0 Å². The Balaban J connectivity index is 0.000000144. The van der Waals surface area contributed by atoms with Crippen molar-refractivity contribution in [1.82, 2.24) is 13.7 Å². The van der Waals surface area contributed by atoms with E-state index in [-0.39, 0.29) is 27.2 Å². The Morgan fingerprint density at radius 3 is 1.08 bits per heavy atom. The normalized spacial score (nSPS) is 13.1. The first-order chi connectivity index (χ1) is 45.3. The average molecular weight is 1270 g/mol. The van der Waals surface area contributed by atoms with Gasteiger partial charge in [0.25, 0.3) is 0 Å². The first kappa shape index (κ1) is 65.6. The molecule has 9 aromatic carbocycles. The molecular formula is C79H80N6O10. The van der Waals surface area contributed by atoms with E-state index in [4.69, 9.17) is 31.4 Å². The second-order valence-electron chi connectivity index (χ2n) is 24.3. The number of carbonyl (C=O) groups is 5. The number of carboxylic acids is 1. The van der Waals surface area contributed by atoms with Gasteiger partial charge in [0.2, 0.25) is 17.7 Å². The first-order valence-corrected chi connectivity index (χ1v) is 31.8. The van der Waals surface area contributed by atoms with E-state index in [0.717, 1.165) is 154 Å². The number of hydrogen-bond acceptors (Lipinski definition) is 9. The molecule has 0 radical (unpaired) electrons. The van der Waals surface area contributed by atoms with Crippen molar-refractivity contribution in [3.63, 3.8) is 0 Å². The zero-order valence-electron chi connectivity index (χ0n) is 51.8. The molecule has 8 N–H and O–H groups in total. The molecule has 3 heterocycles. The Kier molecular flexibility index (Phi) is 19.4. The molecule has 12 aromatic rings. The van der Waals surface area contributed by atoms with E-state index in [9.17, 15) is 34.2 Å². The molecule has 3 aliphatic rings. The number of benzene rings is 9. The molecule has 16 nitrogen and oxygen atoms in total. The number of methoxy groups -OCH3 is 1. The van der Waals surface area contributed by atoms with Crippen molar-refractivity contribution in [3.8, 4) is 17.2 Å². The highest BCUT2D eigenvalue weighted by atomic mass is 16.6. The van der Waals surface area contributed by atoms with Gasteiger partial charge in [-0.3, -0.25) is 14.4 Å². The summed E-state index contributed by atoms with van der Waals surface area (Å²) in [5.41, 5.74) is 35.3. The number of fused-ring (bicyclic) bond motifs is 15. The standard InChI is InChI=1S/C27H26N2O4.C26H24N2O4.C24H22N2O2.2CH4/c1-32-23(30)16-33-22-14-18-10-5-6-11-19(18)26-25(22)24-20(27(28)31)12-7-13-21(24)29(26)15-17-8-3-2-4-9-17;27-26(31)19-11-6-12-20-23(19)24-21(32-15-22(29)30)13-17-9-4-5-10-18(17)25(24)28(20)14-16-7-2-1-3-8-16;25-24(28)18-11-6-12-19-21(18)22-20(27)13-16-9-4-5-10-17(16)23(22)26(19)14-15-7-2-1-3-8-15;;/h2-4,7-9,12-14H,5-6,10-11,15-16H2,1H3,(H2,28,31);1-3,6-8,11-13H,4-5,9-10,14-15H2,(H2,27,31)(H,29,30);1-3,6-8,11-13,27H,4-5,9-10,14H2,(H2,25,28);2*1H4. The van der Waals surface area contributed by atoms with Gasteiger partial charge < -0.3 is 55.3 Å². The average Bonchev–Trinajstić information content (AvgIpc) is 1.59. The molecule has 0 fully saturated rings. The van der Waals surface area contributed by atoms with Crippen molar-refractivity contribution in [3.05, 3.63) is 231 Å². The molecule has 16 heteroatoms. The van der Waals surface area contributed by atoms with Gasteiger partial charge in [-0.2, -0.15) is 0 Å². The van der Waals surface area contributed by atoms with E-state index in [1.807, 2.05) is 109 Å². The number of ether oxygens (including phenoxy) is 3. The van der Waals surface area contributed by atoms with Crippen LogP contribution in [0.2, 0.25) is 0 Å². The number of aryl methyl sites for hydroxylation is 6. The van der Waals surface area contributed by atoms with Crippen LogP contribution in [0.5, 0.6) is 17.2 Å². The number of aromatic hydroxyl groups is 1. The third-order valence-electron chi connectivity index (χ3n) is 18.6. The third-order valence-corrected chi connectivity index (χ3v) is 18.6. The Labute approximate surface area is 551 Å². The summed E-state index contributed by atoms with van der Waals surface area (Å²) in [6, 6.07) is 53.4. The molecule has 15 rings (SSSR count). The smallest absolute Gasteiger partial charge is 0.343 e. The summed E-state index contributed by atoms with van der Waals surface area (Å²) in [6.07, 6.45) is 12.4. The number of hydrogen-bond donors (Lipinski definition) is 5. The number of carbonyl (C=O) groups excluding carboxylic acids is 4. The summed E-state index contributed by atoms with van der Waals surface area (Å²) in [5, 5.41) is 24.8. The lowest BCUT2D eigenvalue weighted by molar-refractivity contribution is -0.143. The van der Waals surface area contributed by atoms with Gasteiger partial charge in [-0.05, 0) is 182 Å². The van der Waals surface area contributed by atoms with Crippen LogP contribution in [0.15, 0.2) is 164 Å². The highest BCUT2D eigenvalue weighted by Gasteiger charge is 2.30. The number of rotatable bonds is 15. The number of phenols is 1. The summed E-state index contributed by atoms with van der Waals surface area (Å²) in [7, 11) is 1.34. The van der Waals surface area contributed by atoms with E-state index in [1.54, 1.807) is 18.2 Å². The van der Waals surface area contributed by atoms with Crippen LogP contribution >= 0.6 is 0 Å². The van der Waals surface area contributed by atoms with Crippen LogP contribution in [0.3, 0.4) is 0 Å². The van der Waals surface area contributed by atoms with Crippen LogP contribution in [0.25, 0.3) is 65.4 Å².